The first-order valence-corrected chi connectivity index (χ1v) is 6.00. The van der Waals surface area contributed by atoms with Gasteiger partial charge in [0.1, 0.15) is 0 Å². The molecule has 2 nitrogen and oxygen atoms in total. The minimum absolute atomic E-state index is 0.226. The maximum absolute atomic E-state index is 5.96. The summed E-state index contributed by atoms with van der Waals surface area (Å²) >= 11 is 0. The van der Waals surface area contributed by atoms with Crippen LogP contribution >= 0.6 is 0 Å². The molecule has 2 heteroatoms. The number of rotatable bonds is 7. The zero-order valence-electron chi connectivity index (χ0n) is 10.6. The van der Waals surface area contributed by atoms with E-state index in [-0.39, 0.29) is 5.54 Å². The van der Waals surface area contributed by atoms with E-state index in [1.165, 1.54) is 19.3 Å². The van der Waals surface area contributed by atoms with Crippen LogP contribution in [0.15, 0.2) is 0 Å². The van der Waals surface area contributed by atoms with Gasteiger partial charge in [-0.05, 0) is 33.2 Å². The summed E-state index contributed by atoms with van der Waals surface area (Å²) in [5.74, 6) is 0. The maximum atomic E-state index is 5.96. The average molecular weight is 200 g/mol. The normalized spacial score (nSPS) is 18.2. The fourth-order valence-electron chi connectivity index (χ4n) is 2.20. The van der Waals surface area contributed by atoms with Gasteiger partial charge in [0, 0.05) is 18.1 Å². The second-order valence-electron chi connectivity index (χ2n) is 4.40. The zero-order valence-corrected chi connectivity index (χ0v) is 10.6. The summed E-state index contributed by atoms with van der Waals surface area (Å²) in [6.45, 7) is 9.80. The molecular formula is C12H28N2. The van der Waals surface area contributed by atoms with Crippen molar-refractivity contribution in [1.29, 1.82) is 0 Å². The number of hydrogen-bond donors (Lipinski definition) is 1. The van der Waals surface area contributed by atoms with E-state index in [4.69, 9.17) is 5.73 Å². The van der Waals surface area contributed by atoms with Gasteiger partial charge in [-0.15, -0.1) is 0 Å². The Hall–Kier alpha value is -0.0800. The second kappa shape index (κ2) is 6.41. The van der Waals surface area contributed by atoms with Crippen LogP contribution in [0.3, 0.4) is 0 Å². The van der Waals surface area contributed by atoms with Crippen LogP contribution in [0.25, 0.3) is 0 Å². The van der Waals surface area contributed by atoms with Crippen molar-refractivity contribution < 1.29 is 0 Å². The van der Waals surface area contributed by atoms with Gasteiger partial charge in [0.25, 0.3) is 0 Å². The molecule has 0 aliphatic rings. The van der Waals surface area contributed by atoms with E-state index in [0.717, 1.165) is 13.0 Å². The second-order valence-corrected chi connectivity index (χ2v) is 4.40. The van der Waals surface area contributed by atoms with Gasteiger partial charge in [-0.25, -0.2) is 0 Å². The van der Waals surface area contributed by atoms with Crippen molar-refractivity contribution in [2.75, 3.05) is 13.6 Å². The van der Waals surface area contributed by atoms with Crippen LogP contribution < -0.4 is 5.73 Å². The van der Waals surface area contributed by atoms with E-state index in [1.54, 1.807) is 0 Å². The summed E-state index contributed by atoms with van der Waals surface area (Å²) in [5.41, 5.74) is 6.18. The quantitative estimate of drug-likeness (QED) is 0.684. The van der Waals surface area contributed by atoms with Crippen molar-refractivity contribution in [2.45, 2.75) is 65.0 Å². The summed E-state index contributed by atoms with van der Waals surface area (Å²) in [6.07, 6.45) is 4.77. The standard InChI is InChI=1S/C12H28N2/c1-6-9-12(8-3,10-13)14(5)11(4)7-2/h11H,6-10,13H2,1-5H3. The topological polar surface area (TPSA) is 29.3 Å². The third-order valence-corrected chi connectivity index (χ3v) is 3.75. The lowest BCUT2D eigenvalue weighted by Gasteiger charge is -2.44. The Balaban J connectivity index is 4.59. The van der Waals surface area contributed by atoms with E-state index >= 15 is 0 Å². The molecule has 0 bridgehead atoms. The first-order chi connectivity index (χ1) is 6.57. The molecule has 2 atom stereocenters. The highest BCUT2D eigenvalue weighted by Crippen LogP contribution is 2.26. The highest BCUT2D eigenvalue weighted by molar-refractivity contribution is 4.90. The largest absolute Gasteiger partial charge is 0.329 e. The Morgan fingerprint density at radius 2 is 1.86 bits per heavy atom. The third kappa shape index (κ3) is 2.96. The van der Waals surface area contributed by atoms with Gasteiger partial charge in [-0.3, -0.25) is 4.90 Å². The predicted molar refractivity (Wildman–Crippen MR) is 64.5 cm³/mol. The van der Waals surface area contributed by atoms with Crippen molar-refractivity contribution in [1.82, 2.24) is 4.90 Å². The highest BCUT2D eigenvalue weighted by atomic mass is 15.2. The molecule has 0 saturated carbocycles. The van der Waals surface area contributed by atoms with Crippen LogP contribution in [0.1, 0.15) is 53.4 Å². The summed E-state index contributed by atoms with van der Waals surface area (Å²) in [4.78, 5) is 2.48. The molecule has 0 saturated heterocycles. The first kappa shape index (κ1) is 13.9. The molecule has 0 aromatic heterocycles. The molecule has 86 valence electrons. The summed E-state index contributed by atoms with van der Waals surface area (Å²) < 4.78 is 0. The van der Waals surface area contributed by atoms with Crippen molar-refractivity contribution in [3.05, 3.63) is 0 Å². The lowest BCUT2D eigenvalue weighted by Crippen LogP contribution is -2.54. The molecule has 0 aliphatic carbocycles. The Morgan fingerprint density at radius 3 is 2.14 bits per heavy atom. The Morgan fingerprint density at radius 1 is 1.29 bits per heavy atom. The van der Waals surface area contributed by atoms with Gasteiger partial charge < -0.3 is 5.73 Å². The van der Waals surface area contributed by atoms with Crippen LogP contribution in [-0.2, 0) is 0 Å². The lowest BCUT2D eigenvalue weighted by atomic mass is 9.87. The molecule has 14 heavy (non-hydrogen) atoms. The van der Waals surface area contributed by atoms with Gasteiger partial charge in [0.2, 0.25) is 0 Å². The average Bonchev–Trinajstić information content (AvgIpc) is 2.24. The molecule has 0 aromatic carbocycles. The fourth-order valence-corrected chi connectivity index (χ4v) is 2.20. The van der Waals surface area contributed by atoms with E-state index in [0.29, 0.717) is 6.04 Å². The first-order valence-electron chi connectivity index (χ1n) is 6.00. The predicted octanol–water partition coefficient (Wildman–Crippen LogP) is 2.62. The van der Waals surface area contributed by atoms with E-state index in [1.807, 2.05) is 0 Å². The Labute approximate surface area is 89.9 Å². The fraction of sp³-hybridized carbons (Fsp3) is 1.00. The van der Waals surface area contributed by atoms with Gasteiger partial charge in [0.05, 0.1) is 0 Å². The Bertz CT molecular complexity index is 141. The van der Waals surface area contributed by atoms with Crippen LogP contribution in [-0.4, -0.2) is 30.1 Å². The summed E-state index contributed by atoms with van der Waals surface area (Å²) in [5, 5.41) is 0. The minimum atomic E-state index is 0.226. The lowest BCUT2D eigenvalue weighted by molar-refractivity contribution is 0.0694. The van der Waals surface area contributed by atoms with Gasteiger partial charge in [-0.1, -0.05) is 27.2 Å². The van der Waals surface area contributed by atoms with Crippen molar-refractivity contribution in [2.24, 2.45) is 5.73 Å². The van der Waals surface area contributed by atoms with Gasteiger partial charge in [0.15, 0.2) is 0 Å². The number of nitrogens with zero attached hydrogens (tertiary/aromatic N) is 1. The van der Waals surface area contributed by atoms with E-state index < -0.39 is 0 Å². The summed E-state index contributed by atoms with van der Waals surface area (Å²) in [7, 11) is 2.22. The van der Waals surface area contributed by atoms with Crippen molar-refractivity contribution >= 4 is 0 Å². The molecule has 0 rings (SSSR count). The smallest absolute Gasteiger partial charge is 0.0328 e. The third-order valence-electron chi connectivity index (χ3n) is 3.75. The zero-order chi connectivity index (χ0) is 11.2. The molecule has 0 radical (unpaired) electrons. The highest BCUT2D eigenvalue weighted by Gasteiger charge is 2.32. The molecule has 0 amide bonds. The SMILES string of the molecule is CCCC(CC)(CN)N(C)C(C)CC. The van der Waals surface area contributed by atoms with Gasteiger partial charge in [-0.2, -0.15) is 0 Å². The molecule has 0 spiro atoms. The van der Waals surface area contributed by atoms with Crippen LogP contribution in [0, 0.1) is 0 Å². The van der Waals surface area contributed by atoms with E-state index in [9.17, 15) is 0 Å². The van der Waals surface area contributed by atoms with E-state index in [2.05, 4.69) is 39.6 Å². The number of hydrogen-bond acceptors (Lipinski definition) is 2. The molecule has 0 heterocycles. The van der Waals surface area contributed by atoms with Crippen LogP contribution in [0.5, 0.6) is 0 Å². The molecule has 0 aromatic rings. The minimum Gasteiger partial charge on any atom is -0.329 e. The summed E-state index contributed by atoms with van der Waals surface area (Å²) in [6, 6.07) is 0.630. The van der Waals surface area contributed by atoms with Gasteiger partial charge >= 0.3 is 0 Å². The maximum Gasteiger partial charge on any atom is 0.0328 e. The Kier molecular flexibility index (Phi) is 6.38. The monoisotopic (exact) mass is 200 g/mol. The molecule has 2 N–H and O–H groups in total. The number of likely N-dealkylation sites (N-methyl/N-ethyl adjacent to an activating group) is 1. The number of nitrogens with two attached hydrogens (primary N) is 1. The van der Waals surface area contributed by atoms with Crippen LogP contribution in [0.4, 0.5) is 0 Å². The van der Waals surface area contributed by atoms with Crippen molar-refractivity contribution in [3.8, 4) is 0 Å². The molecule has 0 aliphatic heterocycles. The molecular weight excluding hydrogens is 172 g/mol. The molecule has 2 unspecified atom stereocenters. The van der Waals surface area contributed by atoms with Crippen LogP contribution in [0.2, 0.25) is 0 Å². The van der Waals surface area contributed by atoms with Crippen molar-refractivity contribution in [3.63, 3.8) is 0 Å². The molecule has 0 fully saturated rings.